The Balaban J connectivity index is 0.00000370. The molecule has 2 aliphatic carbocycles. The van der Waals surface area contributed by atoms with E-state index in [0.29, 0.717) is 0 Å². The second-order valence-electron chi connectivity index (χ2n) is 10.2. The molecule has 12 nitrogen and oxygen atoms in total. The van der Waals surface area contributed by atoms with Gasteiger partial charge in [0.25, 0.3) is 0 Å². The molecule has 4 radical (unpaired) electrons. The molecule has 13 heteroatoms. The molecule has 0 bridgehead atoms. The molecule has 1 saturated heterocycles. The largest absolute Gasteiger partial charge is 0.507 e. The molecule has 2 aromatic rings. The second kappa shape index (κ2) is 11.1. The Kier molecular flexibility index (Phi) is 8.44. The van der Waals surface area contributed by atoms with Crippen LogP contribution in [-0.2, 0) is 20.7 Å². The van der Waals surface area contributed by atoms with E-state index in [9.17, 15) is 39.9 Å². The summed E-state index contributed by atoms with van der Waals surface area (Å²) in [6.07, 6.45) is -5.12. The summed E-state index contributed by atoms with van der Waals surface area (Å²) < 4.78 is 17.0. The van der Waals surface area contributed by atoms with Gasteiger partial charge in [-0.15, -0.1) is 0 Å². The molecule has 2 aromatic carbocycles. The predicted molar refractivity (Wildman–Crippen MR) is 138 cm³/mol. The van der Waals surface area contributed by atoms with Crippen molar-refractivity contribution in [1.29, 1.82) is 0 Å². The average Bonchev–Trinajstić information content (AvgIpc) is 2.90. The molecule has 4 unspecified atom stereocenters. The fourth-order valence-electron chi connectivity index (χ4n) is 5.75. The van der Waals surface area contributed by atoms with E-state index in [2.05, 4.69) is 0 Å². The fourth-order valence-corrected chi connectivity index (χ4v) is 5.75. The summed E-state index contributed by atoms with van der Waals surface area (Å²) in [7, 11) is 1.32. The Morgan fingerprint density at radius 3 is 2.45 bits per heavy atom. The van der Waals surface area contributed by atoms with Crippen LogP contribution in [0.1, 0.15) is 68.8 Å². The summed E-state index contributed by atoms with van der Waals surface area (Å²) in [6.45, 7) is 0.560. The molecule has 0 spiro atoms. The summed E-state index contributed by atoms with van der Waals surface area (Å²) in [5.41, 5.74) is 2.37. The number of hydrogen-bond donors (Lipinski definition) is 6. The third kappa shape index (κ3) is 4.64. The van der Waals surface area contributed by atoms with E-state index < -0.39 is 95.7 Å². The predicted octanol–water partition coefficient (Wildman–Crippen LogP) is -0.380. The number of ether oxygens (including phenoxy) is 3. The second-order valence-corrected chi connectivity index (χ2v) is 10.2. The molecule has 1 aliphatic heterocycles. The molecule has 1 heterocycles. The van der Waals surface area contributed by atoms with Crippen LogP contribution in [0.2, 0.25) is 0 Å². The van der Waals surface area contributed by atoms with Crippen LogP contribution in [0.15, 0.2) is 18.2 Å². The van der Waals surface area contributed by atoms with Gasteiger partial charge in [0.1, 0.15) is 29.5 Å². The minimum atomic E-state index is -2.24. The number of aliphatic hydroxyl groups is 3. The minimum absolute atomic E-state index is 0. The van der Waals surface area contributed by atoms with Crippen LogP contribution in [0.3, 0.4) is 0 Å². The molecule has 0 amide bonds. The van der Waals surface area contributed by atoms with Crippen molar-refractivity contribution in [2.45, 2.75) is 62.4 Å². The standard InChI is InChI=1S/C27H29NO11.Pb/c1-10-22(31)13(28)6-17(38-10)39-15-8-27(36,16(30)9-29)7-12-19(15)26(35)21-20(24(12)33)23(32)11-4-3-5-14(37-2)18(11)25(21)34;/h3-5,10,13,15,17,22,29,31,33,35-36H,6-9,28H2,1-2H3;/t10?,13?,15-,17?,22?,27-;/m0./s1. The molecule has 3 aliphatic rings. The number of rotatable bonds is 5. The van der Waals surface area contributed by atoms with Gasteiger partial charge in [0.05, 0.1) is 42.1 Å². The molecule has 5 rings (SSSR count). The molecule has 7 N–H and O–H groups in total. The van der Waals surface area contributed by atoms with Crippen LogP contribution in [0.25, 0.3) is 0 Å². The van der Waals surface area contributed by atoms with Gasteiger partial charge in [-0.3, -0.25) is 14.4 Å². The summed E-state index contributed by atoms with van der Waals surface area (Å²) in [6, 6.07) is 3.64. The van der Waals surface area contributed by atoms with E-state index >= 15 is 0 Å². The van der Waals surface area contributed by atoms with Crippen LogP contribution in [0.4, 0.5) is 0 Å². The number of Topliss-reactive ketones (excluding diaryl/α,β-unsaturated/α-hetero) is 1. The Bertz CT molecular complexity index is 1380. The van der Waals surface area contributed by atoms with Gasteiger partial charge in [-0.05, 0) is 13.0 Å². The van der Waals surface area contributed by atoms with Crippen LogP contribution in [0.5, 0.6) is 17.2 Å². The van der Waals surface area contributed by atoms with Crippen molar-refractivity contribution < 1.29 is 54.1 Å². The Labute approximate surface area is 248 Å². The monoisotopic (exact) mass is 751 g/mol. The first kappa shape index (κ1) is 30.5. The van der Waals surface area contributed by atoms with Crippen molar-refractivity contribution in [3.05, 3.63) is 51.6 Å². The molecule has 0 aromatic heterocycles. The molecular formula is C27H29NO11Pb. The number of carbonyl (C=O) groups excluding carboxylic acids is 3. The van der Waals surface area contributed by atoms with Crippen LogP contribution >= 0.6 is 0 Å². The van der Waals surface area contributed by atoms with Crippen molar-refractivity contribution in [2.75, 3.05) is 13.7 Å². The van der Waals surface area contributed by atoms with Crippen molar-refractivity contribution in [3.8, 4) is 17.2 Å². The SMILES string of the molecule is COc1cccc2c1C(=O)c1c(O)c3c(c(O)c1C2=O)C[C@@](O)(C(=O)CO)C[C@@H]3OC1CC(N)C(O)C(C)O1.[Pb]. The first-order valence-electron chi connectivity index (χ1n) is 12.4. The molecular weight excluding hydrogens is 721 g/mol. The number of ketones is 3. The Morgan fingerprint density at radius 2 is 1.82 bits per heavy atom. The summed E-state index contributed by atoms with van der Waals surface area (Å²) in [5, 5.41) is 53.7. The van der Waals surface area contributed by atoms with Gasteiger partial charge in [-0.2, -0.15) is 0 Å². The van der Waals surface area contributed by atoms with Gasteiger partial charge in [0.2, 0.25) is 5.78 Å². The number of aromatic hydroxyl groups is 2. The number of phenols is 2. The van der Waals surface area contributed by atoms with Crippen molar-refractivity contribution >= 4 is 44.6 Å². The maximum Gasteiger partial charge on any atom is 0.202 e. The number of methoxy groups -OCH3 is 1. The molecule has 212 valence electrons. The smallest absolute Gasteiger partial charge is 0.202 e. The normalized spacial score (nSPS) is 29.1. The molecule has 1 fully saturated rings. The van der Waals surface area contributed by atoms with Gasteiger partial charge in [-0.1, -0.05) is 12.1 Å². The first-order chi connectivity index (χ1) is 18.4. The van der Waals surface area contributed by atoms with Crippen molar-refractivity contribution in [1.82, 2.24) is 0 Å². The van der Waals surface area contributed by atoms with E-state index in [-0.39, 0.29) is 61.7 Å². The third-order valence-electron chi connectivity index (χ3n) is 7.81. The van der Waals surface area contributed by atoms with E-state index in [1.807, 2.05) is 0 Å². The summed E-state index contributed by atoms with van der Waals surface area (Å²) in [5.74, 6) is -3.77. The maximum absolute atomic E-state index is 13.6. The number of carbonyl (C=O) groups is 3. The van der Waals surface area contributed by atoms with Crippen LogP contribution < -0.4 is 10.5 Å². The number of aliphatic hydroxyl groups excluding tert-OH is 2. The third-order valence-corrected chi connectivity index (χ3v) is 7.81. The van der Waals surface area contributed by atoms with Gasteiger partial charge >= 0.3 is 0 Å². The maximum atomic E-state index is 13.6. The first-order valence-corrected chi connectivity index (χ1v) is 12.4. The number of phenolic OH excluding ortho intramolecular Hbond substituents is 2. The average molecular weight is 751 g/mol. The molecule has 0 saturated carbocycles. The molecule has 40 heavy (non-hydrogen) atoms. The van der Waals surface area contributed by atoms with Gasteiger partial charge in [0.15, 0.2) is 17.9 Å². The molecule has 6 atom stereocenters. The van der Waals surface area contributed by atoms with Crippen molar-refractivity contribution in [2.24, 2.45) is 5.73 Å². The Hall–Kier alpha value is -2.47. The quantitative estimate of drug-likeness (QED) is 0.146. The summed E-state index contributed by atoms with van der Waals surface area (Å²) >= 11 is 0. The zero-order chi connectivity index (χ0) is 28.4. The van der Waals surface area contributed by atoms with E-state index in [4.69, 9.17) is 19.9 Å². The van der Waals surface area contributed by atoms with E-state index in [1.54, 1.807) is 6.92 Å². The number of nitrogens with two attached hydrogens (primary N) is 1. The Morgan fingerprint density at radius 1 is 1.15 bits per heavy atom. The number of hydrogen-bond acceptors (Lipinski definition) is 12. The van der Waals surface area contributed by atoms with E-state index in [0.717, 1.165) is 0 Å². The summed E-state index contributed by atoms with van der Waals surface area (Å²) in [4.78, 5) is 39.7. The van der Waals surface area contributed by atoms with Crippen LogP contribution in [0, 0.1) is 0 Å². The van der Waals surface area contributed by atoms with Gasteiger partial charge in [-0.25, -0.2) is 0 Å². The van der Waals surface area contributed by atoms with Crippen molar-refractivity contribution in [3.63, 3.8) is 0 Å². The van der Waals surface area contributed by atoms with Gasteiger partial charge in [0, 0.05) is 69.3 Å². The zero-order valence-corrected chi connectivity index (χ0v) is 25.6. The fraction of sp³-hybridized carbons (Fsp3) is 0.444. The topological polar surface area (TPSA) is 206 Å². The zero-order valence-electron chi connectivity index (χ0n) is 21.7. The minimum Gasteiger partial charge on any atom is -0.507 e. The van der Waals surface area contributed by atoms with Crippen LogP contribution in [-0.4, -0.2) is 114 Å². The number of fused-ring (bicyclic) bond motifs is 3. The van der Waals surface area contributed by atoms with Gasteiger partial charge < -0.3 is 45.5 Å². The van der Waals surface area contributed by atoms with E-state index in [1.165, 1.54) is 25.3 Å². The number of benzene rings is 2.